The largest absolute Gasteiger partial charge is 0.393 e. The van der Waals surface area contributed by atoms with Gasteiger partial charge < -0.3 is 11.1 Å². The monoisotopic (exact) mass is 382 g/mol. The van der Waals surface area contributed by atoms with Gasteiger partial charge in [0.15, 0.2) is 11.6 Å². The van der Waals surface area contributed by atoms with Crippen molar-refractivity contribution >= 4 is 40.5 Å². The first-order valence-corrected chi connectivity index (χ1v) is 8.58. The van der Waals surface area contributed by atoms with Crippen LogP contribution in [0.5, 0.6) is 0 Å². The number of anilines is 4. The second-order valence-corrected chi connectivity index (χ2v) is 6.45. The Hall–Kier alpha value is -3.32. The predicted molar refractivity (Wildman–Crippen MR) is 108 cm³/mol. The van der Waals surface area contributed by atoms with E-state index in [1.807, 2.05) is 32.0 Å². The van der Waals surface area contributed by atoms with Crippen molar-refractivity contribution < 1.29 is 4.79 Å². The molecular weight excluding hydrogens is 364 g/mol. The van der Waals surface area contributed by atoms with Crippen LogP contribution in [0.25, 0.3) is 0 Å². The standard InChI is InChI=1S/C19H19ClN6O/c1-11-3-4-12(2)15(9-11)24-17-16(21)18(23-10-22-17)25-26-19(27)13-5-7-14(20)8-6-13/h3-10H,21H2,1-2H3,(H,26,27)(H2,22,23,24,25). The summed E-state index contributed by atoms with van der Waals surface area (Å²) in [6, 6.07) is 12.6. The molecule has 0 radical (unpaired) electrons. The molecule has 0 saturated heterocycles. The third-order valence-electron chi connectivity index (χ3n) is 3.93. The number of nitrogen functional groups attached to an aromatic ring is 1. The summed E-state index contributed by atoms with van der Waals surface area (Å²) in [5.74, 6) is 0.399. The highest BCUT2D eigenvalue weighted by molar-refractivity contribution is 6.30. The lowest BCUT2D eigenvalue weighted by Gasteiger charge is -2.14. The molecule has 2 aromatic carbocycles. The zero-order valence-corrected chi connectivity index (χ0v) is 15.6. The van der Waals surface area contributed by atoms with Crippen molar-refractivity contribution in [3.8, 4) is 0 Å². The Labute approximate surface area is 162 Å². The molecule has 138 valence electrons. The maximum absolute atomic E-state index is 12.2. The minimum absolute atomic E-state index is 0.287. The number of benzene rings is 2. The first-order valence-electron chi connectivity index (χ1n) is 8.20. The average Bonchev–Trinajstić information content (AvgIpc) is 2.65. The Morgan fingerprint density at radius 2 is 1.74 bits per heavy atom. The minimum Gasteiger partial charge on any atom is -0.393 e. The molecule has 1 amide bonds. The molecule has 0 aliphatic carbocycles. The van der Waals surface area contributed by atoms with E-state index in [0.717, 1.165) is 16.8 Å². The number of amides is 1. The third-order valence-corrected chi connectivity index (χ3v) is 4.18. The van der Waals surface area contributed by atoms with E-state index in [1.165, 1.54) is 6.33 Å². The summed E-state index contributed by atoms with van der Waals surface area (Å²) in [5.41, 5.74) is 15.2. The van der Waals surface area contributed by atoms with Crippen LogP contribution in [0.4, 0.5) is 23.0 Å². The zero-order chi connectivity index (χ0) is 19.4. The molecule has 8 heteroatoms. The number of carbonyl (C=O) groups is 1. The smallest absolute Gasteiger partial charge is 0.269 e. The van der Waals surface area contributed by atoms with Crippen LogP contribution >= 0.6 is 11.6 Å². The summed E-state index contributed by atoms with van der Waals surface area (Å²) in [6.07, 6.45) is 1.36. The van der Waals surface area contributed by atoms with Crippen LogP contribution in [0.3, 0.4) is 0 Å². The van der Waals surface area contributed by atoms with Crippen LogP contribution in [-0.4, -0.2) is 15.9 Å². The lowest BCUT2D eigenvalue weighted by Crippen LogP contribution is -2.30. The van der Waals surface area contributed by atoms with Gasteiger partial charge in [0.25, 0.3) is 5.91 Å². The molecule has 1 heterocycles. The van der Waals surface area contributed by atoms with Crippen molar-refractivity contribution in [3.05, 3.63) is 70.5 Å². The van der Waals surface area contributed by atoms with E-state index in [9.17, 15) is 4.79 Å². The Bertz CT molecular complexity index is 974. The zero-order valence-electron chi connectivity index (χ0n) is 14.9. The molecule has 0 atom stereocenters. The van der Waals surface area contributed by atoms with E-state index in [4.69, 9.17) is 17.3 Å². The van der Waals surface area contributed by atoms with E-state index in [0.29, 0.717) is 22.2 Å². The van der Waals surface area contributed by atoms with Gasteiger partial charge in [0.1, 0.15) is 12.0 Å². The molecule has 0 aliphatic heterocycles. The molecular formula is C19H19ClN6O. The number of nitrogens with one attached hydrogen (secondary N) is 3. The third kappa shape index (κ3) is 4.45. The van der Waals surface area contributed by atoms with Crippen LogP contribution in [0.15, 0.2) is 48.8 Å². The maximum Gasteiger partial charge on any atom is 0.269 e. The van der Waals surface area contributed by atoms with E-state index >= 15 is 0 Å². The summed E-state index contributed by atoms with van der Waals surface area (Å²) in [5, 5.41) is 3.76. The first-order chi connectivity index (χ1) is 12.9. The molecule has 3 aromatic rings. The highest BCUT2D eigenvalue weighted by Gasteiger charge is 2.11. The highest BCUT2D eigenvalue weighted by Crippen LogP contribution is 2.27. The van der Waals surface area contributed by atoms with Crippen LogP contribution in [0.2, 0.25) is 5.02 Å². The molecule has 5 N–H and O–H groups in total. The summed E-state index contributed by atoms with van der Waals surface area (Å²) >= 11 is 5.83. The van der Waals surface area contributed by atoms with Crippen molar-refractivity contribution in [2.45, 2.75) is 13.8 Å². The van der Waals surface area contributed by atoms with Crippen LogP contribution in [0, 0.1) is 13.8 Å². The number of halogens is 1. The normalized spacial score (nSPS) is 10.3. The van der Waals surface area contributed by atoms with Gasteiger partial charge in [0, 0.05) is 16.3 Å². The van der Waals surface area contributed by atoms with Gasteiger partial charge >= 0.3 is 0 Å². The number of nitrogens with two attached hydrogens (primary N) is 1. The quantitative estimate of drug-likeness (QED) is 0.500. The molecule has 7 nitrogen and oxygen atoms in total. The van der Waals surface area contributed by atoms with Gasteiger partial charge in [-0.1, -0.05) is 23.7 Å². The van der Waals surface area contributed by atoms with E-state index < -0.39 is 0 Å². The fourth-order valence-corrected chi connectivity index (χ4v) is 2.51. The average molecular weight is 383 g/mol. The molecule has 0 aliphatic rings. The van der Waals surface area contributed by atoms with E-state index in [1.54, 1.807) is 24.3 Å². The van der Waals surface area contributed by atoms with Crippen molar-refractivity contribution in [3.63, 3.8) is 0 Å². The Balaban J connectivity index is 1.74. The van der Waals surface area contributed by atoms with E-state index in [2.05, 4.69) is 26.1 Å². The number of rotatable bonds is 5. The molecule has 3 rings (SSSR count). The van der Waals surface area contributed by atoms with Crippen molar-refractivity contribution in [1.29, 1.82) is 0 Å². The number of hydrogen-bond donors (Lipinski definition) is 4. The number of hydrazine groups is 1. The fourth-order valence-electron chi connectivity index (χ4n) is 2.38. The molecule has 0 saturated carbocycles. The molecule has 27 heavy (non-hydrogen) atoms. The van der Waals surface area contributed by atoms with Gasteiger partial charge in [-0.3, -0.25) is 15.6 Å². The van der Waals surface area contributed by atoms with Gasteiger partial charge in [-0.15, -0.1) is 0 Å². The number of hydrogen-bond acceptors (Lipinski definition) is 6. The Morgan fingerprint density at radius 1 is 1.04 bits per heavy atom. The molecule has 0 bridgehead atoms. The summed E-state index contributed by atoms with van der Waals surface area (Å²) < 4.78 is 0. The number of aryl methyl sites for hydroxylation is 2. The maximum atomic E-state index is 12.2. The Morgan fingerprint density at radius 3 is 2.48 bits per heavy atom. The van der Waals surface area contributed by atoms with Gasteiger partial charge in [-0.2, -0.15) is 0 Å². The van der Waals surface area contributed by atoms with Crippen molar-refractivity contribution in [2.75, 3.05) is 16.5 Å². The molecule has 0 fully saturated rings. The van der Waals surface area contributed by atoms with E-state index in [-0.39, 0.29) is 11.6 Å². The SMILES string of the molecule is Cc1ccc(C)c(Nc2ncnc(NNC(=O)c3ccc(Cl)cc3)c2N)c1. The summed E-state index contributed by atoms with van der Waals surface area (Å²) in [6.45, 7) is 4.00. The molecule has 0 spiro atoms. The lowest BCUT2D eigenvalue weighted by atomic mass is 10.1. The van der Waals surface area contributed by atoms with Crippen molar-refractivity contribution in [1.82, 2.24) is 15.4 Å². The van der Waals surface area contributed by atoms with Crippen LogP contribution < -0.4 is 21.9 Å². The molecule has 1 aromatic heterocycles. The predicted octanol–water partition coefficient (Wildman–Crippen LogP) is 3.83. The molecule has 0 unspecified atom stereocenters. The number of carbonyl (C=O) groups excluding carboxylic acids is 1. The van der Waals surface area contributed by atoms with Gasteiger partial charge in [-0.25, -0.2) is 9.97 Å². The van der Waals surface area contributed by atoms with Crippen LogP contribution in [0.1, 0.15) is 21.5 Å². The number of nitrogens with zero attached hydrogens (tertiary/aromatic N) is 2. The first kappa shape index (κ1) is 18.5. The number of aromatic nitrogens is 2. The van der Waals surface area contributed by atoms with Gasteiger partial charge in [0.2, 0.25) is 0 Å². The highest BCUT2D eigenvalue weighted by atomic mass is 35.5. The second kappa shape index (κ2) is 7.92. The van der Waals surface area contributed by atoms with Gasteiger partial charge in [-0.05, 0) is 55.3 Å². The van der Waals surface area contributed by atoms with Crippen LogP contribution in [-0.2, 0) is 0 Å². The second-order valence-electron chi connectivity index (χ2n) is 6.01. The summed E-state index contributed by atoms with van der Waals surface area (Å²) in [4.78, 5) is 20.4. The van der Waals surface area contributed by atoms with Crippen molar-refractivity contribution in [2.24, 2.45) is 0 Å². The summed E-state index contributed by atoms with van der Waals surface area (Å²) in [7, 11) is 0. The Kier molecular flexibility index (Phi) is 5.42. The fraction of sp³-hybridized carbons (Fsp3) is 0.105. The van der Waals surface area contributed by atoms with Gasteiger partial charge in [0.05, 0.1) is 0 Å². The topological polar surface area (TPSA) is 105 Å². The minimum atomic E-state index is -0.339. The lowest BCUT2D eigenvalue weighted by molar-refractivity contribution is 0.0962.